The molecule has 0 aliphatic carbocycles. The van der Waals surface area contributed by atoms with Crippen molar-refractivity contribution in [3.8, 4) is 11.6 Å². The molecule has 1 N–H and O–H groups in total. The van der Waals surface area contributed by atoms with Gasteiger partial charge in [0, 0.05) is 26.2 Å². The Morgan fingerprint density at radius 3 is 1.82 bits per heavy atom. The summed E-state index contributed by atoms with van der Waals surface area (Å²) < 4.78 is 6.96. The van der Waals surface area contributed by atoms with Crippen LogP contribution in [0.15, 0.2) is 84.9 Å². The Hall–Kier alpha value is -3.72. The van der Waals surface area contributed by atoms with E-state index in [2.05, 4.69) is 92.7 Å². The van der Waals surface area contributed by atoms with Gasteiger partial charge in [-0.05, 0) is 35.7 Å². The molecule has 7 nitrogen and oxygen atoms in total. The molecule has 1 atom stereocenters. The highest BCUT2D eigenvalue weighted by atomic mass is 32.1. The lowest BCUT2D eigenvalue weighted by Crippen LogP contribution is -2.49. The third kappa shape index (κ3) is 4.67. The van der Waals surface area contributed by atoms with Gasteiger partial charge in [-0.25, -0.2) is 4.98 Å². The van der Waals surface area contributed by atoms with Crippen molar-refractivity contribution in [2.24, 2.45) is 0 Å². The Balaban J connectivity index is 1.32. The first-order valence-corrected chi connectivity index (χ1v) is 13.7. The van der Waals surface area contributed by atoms with Crippen molar-refractivity contribution in [1.82, 2.24) is 24.4 Å². The molecular weight excluding hydrogens is 494 g/mol. The van der Waals surface area contributed by atoms with Crippen LogP contribution >= 0.6 is 11.3 Å². The molecule has 2 aromatic heterocycles. The molecule has 3 aromatic carbocycles. The lowest BCUT2D eigenvalue weighted by atomic mass is 9.96. The van der Waals surface area contributed by atoms with Gasteiger partial charge in [0.1, 0.15) is 11.6 Å². The van der Waals surface area contributed by atoms with Crippen LogP contribution in [-0.2, 0) is 0 Å². The Morgan fingerprint density at radius 1 is 0.763 bits per heavy atom. The highest BCUT2D eigenvalue weighted by Gasteiger charge is 2.34. The summed E-state index contributed by atoms with van der Waals surface area (Å²) in [6.45, 7) is 5.37. The Morgan fingerprint density at radius 2 is 1.29 bits per heavy atom. The summed E-state index contributed by atoms with van der Waals surface area (Å²) in [5, 5.41) is 15.6. The molecule has 0 saturated carbocycles. The molecule has 1 aliphatic heterocycles. The molecule has 1 aliphatic rings. The zero-order valence-corrected chi connectivity index (χ0v) is 22.4. The highest BCUT2D eigenvalue weighted by Crippen LogP contribution is 2.41. The third-order valence-corrected chi connectivity index (χ3v) is 8.37. The van der Waals surface area contributed by atoms with Gasteiger partial charge in [-0.2, -0.15) is 4.52 Å². The van der Waals surface area contributed by atoms with E-state index in [1.807, 2.05) is 19.1 Å². The van der Waals surface area contributed by atoms with E-state index < -0.39 is 0 Å². The van der Waals surface area contributed by atoms with Crippen LogP contribution in [-0.4, -0.2) is 62.8 Å². The molecule has 5 aromatic rings. The van der Waals surface area contributed by atoms with E-state index >= 15 is 0 Å². The van der Waals surface area contributed by atoms with Gasteiger partial charge < -0.3 is 9.84 Å². The summed E-state index contributed by atoms with van der Waals surface area (Å²) in [5.41, 5.74) is 3.72. The summed E-state index contributed by atoms with van der Waals surface area (Å²) >= 11 is 1.50. The summed E-state index contributed by atoms with van der Waals surface area (Å²) in [5.74, 6) is 1.63. The van der Waals surface area contributed by atoms with Crippen LogP contribution in [0.4, 0.5) is 0 Å². The van der Waals surface area contributed by atoms with Crippen LogP contribution in [0, 0.1) is 6.92 Å². The Bertz CT molecular complexity index is 1450. The topological polar surface area (TPSA) is 66.1 Å². The fourth-order valence-corrected chi connectivity index (χ4v) is 6.64. The average Bonchev–Trinajstić information content (AvgIpc) is 3.48. The minimum Gasteiger partial charge on any atom is -0.497 e. The normalized spacial score (nSPS) is 15.8. The zero-order valence-electron chi connectivity index (χ0n) is 21.6. The molecule has 3 heterocycles. The van der Waals surface area contributed by atoms with Gasteiger partial charge in [0.05, 0.1) is 24.1 Å². The highest BCUT2D eigenvalue weighted by molar-refractivity contribution is 7.17. The molecule has 38 heavy (non-hydrogen) atoms. The largest absolute Gasteiger partial charge is 0.497 e. The van der Waals surface area contributed by atoms with Crippen molar-refractivity contribution in [2.45, 2.75) is 19.0 Å². The Kier molecular flexibility index (Phi) is 6.84. The number of aromatic nitrogens is 3. The molecule has 0 unspecified atom stereocenters. The van der Waals surface area contributed by atoms with Crippen LogP contribution in [0.1, 0.15) is 39.5 Å². The minimum absolute atomic E-state index is 0.108. The number of benzene rings is 3. The predicted molar refractivity (Wildman–Crippen MR) is 150 cm³/mol. The number of thiazole rings is 1. The maximum atomic E-state index is 11.2. The molecule has 0 radical (unpaired) electrons. The molecule has 194 valence electrons. The van der Waals surface area contributed by atoms with Gasteiger partial charge in [0.25, 0.3) is 0 Å². The van der Waals surface area contributed by atoms with E-state index in [4.69, 9.17) is 4.74 Å². The van der Waals surface area contributed by atoms with E-state index in [9.17, 15) is 5.11 Å². The van der Waals surface area contributed by atoms with E-state index in [0.717, 1.165) is 42.4 Å². The lowest BCUT2D eigenvalue weighted by Gasteiger charge is -2.42. The molecule has 8 heteroatoms. The summed E-state index contributed by atoms with van der Waals surface area (Å²) in [4.78, 5) is 11.1. The van der Waals surface area contributed by atoms with Gasteiger partial charge in [0.15, 0.2) is 0 Å². The van der Waals surface area contributed by atoms with Gasteiger partial charge >= 0.3 is 0 Å². The Labute approximate surface area is 226 Å². The number of hydrogen-bond donors (Lipinski definition) is 1. The number of nitrogens with zero attached hydrogens (tertiary/aromatic N) is 5. The summed E-state index contributed by atoms with van der Waals surface area (Å²) in [7, 11) is 1.68. The maximum absolute atomic E-state index is 11.2. The van der Waals surface area contributed by atoms with E-state index in [1.54, 1.807) is 11.6 Å². The second-order valence-corrected chi connectivity index (χ2v) is 10.6. The van der Waals surface area contributed by atoms with Gasteiger partial charge in [-0.1, -0.05) is 84.1 Å². The number of aromatic hydroxyl groups is 1. The van der Waals surface area contributed by atoms with Crippen molar-refractivity contribution >= 4 is 16.3 Å². The molecule has 0 bridgehead atoms. The van der Waals surface area contributed by atoms with Crippen LogP contribution < -0.4 is 4.74 Å². The maximum Gasteiger partial charge on any atom is 0.230 e. The number of aryl methyl sites for hydroxylation is 1. The van der Waals surface area contributed by atoms with Gasteiger partial charge in [-0.3, -0.25) is 9.80 Å². The SMILES string of the molecule is COc1ccc([C@@H](c2sc3nc(C)nn3c2O)N2CCN(C(c3ccccc3)c3ccccc3)CC2)cc1. The van der Waals surface area contributed by atoms with Crippen molar-refractivity contribution in [1.29, 1.82) is 0 Å². The minimum atomic E-state index is -0.108. The predicted octanol–water partition coefficient (Wildman–Crippen LogP) is 5.31. The molecule has 6 rings (SSSR count). The monoisotopic (exact) mass is 525 g/mol. The molecule has 0 amide bonds. The molecular formula is C30H31N5O2S. The molecule has 0 spiro atoms. The standard InChI is InChI=1S/C30H31N5O2S/c1-21-31-30-35(32-21)29(36)28(38-30)27(24-13-15-25(37-2)16-14-24)34-19-17-33(18-20-34)26(22-9-5-3-6-10-22)23-11-7-4-8-12-23/h3-16,26-27,36H,17-20H2,1-2H3/t27-/m0/s1. The lowest BCUT2D eigenvalue weighted by molar-refractivity contribution is 0.0899. The zero-order chi connectivity index (χ0) is 26.1. The van der Waals surface area contributed by atoms with Gasteiger partial charge in [-0.15, -0.1) is 5.10 Å². The number of piperazine rings is 1. The first kappa shape index (κ1) is 24.6. The smallest absolute Gasteiger partial charge is 0.230 e. The number of rotatable bonds is 7. The van der Waals surface area contributed by atoms with Crippen molar-refractivity contribution in [3.63, 3.8) is 0 Å². The van der Waals surface area contributed by atoms with Crippen LogP contribution in [0.2, 0.25) is 0 Å². The molecule has 1 fully saturated rings. The van der Waals surface area contributed by atoms with Crippen LogP contribution in [0.3, 0.4) is 0 Å². The van der Waals surface area contributed by atoms with Gasteiger partial charge in [0.2, 0.25) is 10.8 Å². The second-order valence-electron chi connectivity index (χ2n) is 9.61. The third-order valence-electron chi connectivity index (χ3n) is 7.30. The van der Waals surface area contributed by atoms with Crippen molar-refractivity contribution < 1.29 is 9.84 Å². The first-order valence-electron chi connectivity index (χ1n) is 12.9. The number of methoxy groups -OCH3 is 1. The van der Waals surface area contributed by atoms with E-state index in [0.29, 0.717) is 10.8 Å². The number of fused-ring (bicyclic) bond motifs is 1. The first-order chi connectivity index (χ1) is 18.6. The number of ether oxygens (including phenoxy) is 1. The summed E-state index contributed by atoms with van der Waals surface area (Å²) in [6, 6.07) is 29.7. The van der Waals surface area contributed by atoms with Crippen molar-refractivity contribution in [2.75, 3.05) is 33.3 Å². The van der Waals surface area contributed by atoms with E-state index in [-0.39, 0.29) is 18.0 Å². The quantitative estimate of drug-likeness (QED) is 0.311. The fourth-order valence-electron chi connectivity index (χ4n) is 5.48. The van der Waals surface area contributed by atoms with E-state index in [1.165, 1.54) is 22.5 Å². The molecule has 1 saturated heterocycles. The average molecular weight is 526 g/mol. The van der Waals surface area contributed by atoms with Crippen molar-refractivity contribution in [3.05, 3.63) is 112 Å². The van der Waals surface area contributed by atoms with Crippen LogP contribution in [0.25, 0.3) is 4.96 Å². The second kappa shape index (κ2) is 10.6. The van der Waals surface area contributed by atoms with Crippen LogP contribution in [0.5, 0.6) is 11.6 Å². The fraction of sp³-hybridized carbons (Fsp3) is 0.267. The number of hydrogen-bond acceptors (Lipinski definition) is 7. The summed E-state index contributed by atoms with van der Waals surface area (Å²) in [6.07, 6.45) is 0.